The molecule has 0 saturated carbocycles. The van der Waals surface area contributed by atoms with Gasteiger partial charge in [0.1, 0.15) is 0 Å². The summed E-state index contributed by atoms with van der Waals surface area (Å²) in [6, 6.07) is 9.36. The first-order chi connectivity index (χ1) is 13.2. The number of furan rings is 1. The van der Waals surface area contributed by atoms with Crippen molar-refractivity contribution in [1.29, 1.82) is 0 Å². The number of hydrogen-bond donors (Lipinski definition) is 1. The molecule has 1 amide bonds. The van der Waals surface area contributed by atoms with Crippen molar-refractivity contribution in [1.82, 2.24) is 9.46 Å². The van der Waals surface area contributed by atoms with Crippen molar-refractivity contribution < 1.29 is 22.2 Å². The van der Waals surface area contributed by atoms with E-state index >= 15 is 0 Å². The van der Waals surface area contributed by atoms with Gasteiger partial charge in [-0.15, -0.1) is 0 Å². The number of carbonyl (C=O) groups excluding carboxylic acids is 1. The second-order valence-corrected chi connectivity index (χ2v) is 8.52. The van der Waals surface area contributed by atoms with Gasteiger partial charge in [-0.25, -0.2) is 12.7 Å². The maximum Gasteiger partial charge on any atom is 0.277 e. The summed E-state index contributed by atoms with van der Waals surface area (Å²) < 4.78 is 36.3. The number of hydrogen-bond acceptors (Lipinski definition) is 7. The third kappa shape index (κ3) is 3.78. The molecule has 0 aliphatic carbocycles. The average Bonchev–Trinajstić information content (AvgIpc) is 3.32. The predicted molar refractivity (Wildman–Crippen MR) is 104 cm³/mol. The molecule has 0 fully saturated rings. The van der Waals surface area contributed by atoms with E-state index in [9.17, 15) is 13.2 Å². The monoisotopic (exact) mass is 404 g/mol. The number of carbonyl (C=O) groups is 1. The molecule has 2 aromatic heterocycles. The maximum absolute atomic E-state index is 12.6. The average molecular weight is 404 g/mol. The number of rotatable bonds is 6. The zero-order chi connectivity index (χ0) is 20.5. The summed E-state index contributed by atoms with van der Waals surface area (Å²) in [5.41, 5.74) is 1.01. The Hall–Kier alpha value is -3.11. The maximum atomic E-state index is 12.6. The van der Waals surface area contributed by atoms with Crippen LogP contribution in [0.1, 0.15) is 10.5 Å². The van der Waals surface area contributed by atoms with Crippen LogP contribution in [0.4, 0.5) is 11.4 Å². The van der Waals surface area contributed by atoms with Gasteiger partial charge in [-0.05, 0) is 30.3 Å². The molecule has 1 aromatic carbocycles. The smallest absolute Gasteiger partial charge is 0.277 e. The summed E-state index contributed by atoms with van der Waals surface area (Å²) in [6.07, 6.45) is 1.48. The van der Waals surface area contributed by atoms with E-state index in [4.69, 9.17) is 8.94 Å². The lowest BCUT2D eigenvalue weighted by Gasteiger charge is -2.19. The molecule has 28 heavy (non-hydrogen) atoms. The van der Waals surface area contributed by atoms with E-state index in [2.05, 4.69) is 10.5 Å². The Labute approximate surface area is 162 Å². The number of aromatic nitrogens is 1. The lowest BCUT2D eigenvalue weighted by atomic mass is 10.2. The fourth-order valence-corrected chi connectivity index (χ4v) is 3.41. The first kappa shape index (κ1) is 19.6. The van der Waals surface area contributed by atoms with Gasteiger partial charge in [-0.2, -0.15) is 0 Å². The topological polar surface area (TPSA) is 109 Å². The molecule has 148 valence electrons. The van der Waals surface area contributed by atoms with Crippen molar-refractivity contribution in [3.63, 3.8) is 0 Å². The van der Waals surface area contributed by atoms with Gasteiger partial charge in [0.15, 0.2) is 11.5 Å². The summed E-state index contributed by atoms with van der Waals surface area (Å²) >= 11 is 0. The van der Waals surface area contributed by atoms with E-state index in [-0.39, 0.29) is 10.6 Å². The van der Waals surface area contributed by atoms with Crippen LogP contribution in [-0.2, 0) is 10.0 Å². The summed E-state index contributed by atoms with van der Waals surface area (Å²) in [7, 11) is 2.81. The number of nitrogens with zero attached hydrogens (tertiary/aromatic N) is 3. The minimum atomic E-state index is -3.65. The van der Waals surface area contributed by atoms with Crippen LogP contribution < -0.4 is 10.2 Å². The van der Waals surface area contributed by atoms with Crippen molar-refractivity contribution in [2.75, 3.05) is 38.4 Å². The van der Waals surface area contributed by atoms with Gasteiger partial charge >= 0.3 is 0 Å². The standard InChI is InChI=1S/C18H20N4O5S/c1-21(2)15-8-7-12(28(24,25)22(3)4)10-13(15)19-18(23)14-11-17(27-20-14)16-6-5-9-26-16/h5-11H,1-4H3,(H,19,23). The summed E-state index contributed by atoms with van der Waals surface area (Å²) in [5.74, 6) is 0.218. The summed E-state index contributed by atoms with van der Waals surface area (Å²) in [5, 5.41) is 6.46. The minimum Gasteiger partial charge on any atom is -0.461 e. The second kappa shape index (κ2) is 7.49. The molecule has 1 N–H and O–H groups in total. The Morgan fingerprint density at radius 3 is 2.43 bits per heavy atom. The zero-order valence-corrected chi connectivity index (χ0v) is 16.6. The van der Waals surface area contributed by atoms with Crippen molar-refractivity contribution in [2.45, 2.75) is 4.90 Å². The lowest BCUT2D eigenvalue weighted by molar-refractivity contribution is 0.101. The molecule has 0 saturated heterocycles. The molecule has 2 heterocycles. The Kier molecular flexibility index (Phi) is 5.25. The third-order valence-corrected chi connectivity index (χ3v) is 5.79. The zero-order valence-electron chi connectivity index (χ0n) is 15.8. The van der Waals surface area contributed by atoms with Gasteiger partial charge in [-0.1, -0.05) is 5.16 Å². The number of amides is 1. The van der Waals surface area contributed by atoms with Gasteiger partial charge in [0.2, 0.25) is 15.8 Å². The highest BCUT2D eigenvalue weighted by Crippen LogP contribution is 2.29. The van der Waals surface area contributed by atoms with E-state index < -0.39 is 15.9 Å². The number of nitrogens with one attached hydrogen (secondary N) is 1. The molecule has 0 spiro atoms. The third-order valence-electron chi connectivity index (χ3n) is 3.98. The van der Waals surface area contributed by atoms with Crippen LogP contribution in [0.2, 0.25) is 0 Å². The fraction of sp³-hybridized carbons (Fsp3) is 0.222. The SMILES string of the molecule is CN(C)c1ccc(S(=O)(=O)N(C)C)cc1NC(=O)c1cc(-c2ccco2)on1. The second-order valence-electron chi connectivity index (χ2n) is 6.37. The first-order valence-electron chi connectivity index (χ1n) is 8.26. The van der Waals surface area contributed by atoms with E-state index in [0.717, 1.165) is 4.31 Å². The molecule has 9 nitrogen and oxygen atoms in total. The van der Waals surface area contributed by atoms with Crippen LogP contribution in [-0.4, -0.2) is 52.0 Å². The predicted octanol–water partition coefficient (Wildman–Crippen LogP) is 2.50. The molecule has 10 heteroatoms. The molecular weight excluding hydrogens is 384 g/mol. The molecule has 0 aliphatic rings. The van der Waals surface area contributed by atoms with Crippen molar-refractivity contribution in [2.24, 2.45) is 0 Å². The van der Waals surface area contributed by atoms with Crippen LogP contribution in [0.25, 0.3) is 11.5 Å². The first-order valence-corrected chi connectivity index (χ1v) is 9.70. The van der Waals surface area contributed by atoms with Crippen molar-refractivity contribution in [3.05, 3.63) is 48.4 Å². The molecule has 0 bridgehead atoms. The number of anilines is 2. The molecule has 0 atom stereocenters. The van der Waals surface area contributed by atoms with Crippen LogP contribution >= 0.6 is 0 Å². The van der Waals surface area contributed by atoms with E-state index in [1.165, 1.54) is 38.6 Å². The largest absolute Gasteiger partial charge is 0.461 e. The Balaban J connectivity index is 1.93. The summed E-state index contributed by atoms with van der Waals surface area (Å²) in [6.45, 7) is 0. The minimum absolute atomic E-state index is 0.0389. The van der Waals surface area contributed by atoms with Gasteiger partial charge in [0.25, 0.3) is 5.91 Å². The van der Waals surface area contributed by atoms with Crippen LogP contribution in [0.5, 0.6) is 0 Å². The molecule has 0 unspecified atom stereocenters. The normalized spacial score (nSPS) is 11.6. The Morgan fingerprint density at radius 1 is 1.07 bits per heavy atom. The molecule has 3 aromatic rings. The van der Waals surface area contributed by atoms with Crippen LogP contribution in [0, 0.1) is 0 Å². The number of sulfonamides is 1. The van der Waals surface area contributed by atoms with Gasteiger partial charge in [0, 0.05) is 34.3 Å². The van der Waals surface area contributed by atoms with Gasteiger partial charge in [0.05, 0.1) is 22.5 Å². The van der Waals surface area contributed by atoms with E-state index in [0.29, 0.717) is 22.9 Å². The Morgan fingerprint density at radius 2 is 1.82 bits per heavy atom. The van der Waals surface area contributed by atoms with Crippen LogP contribution in [0.15, 0.2) is 56.5 Å². The lowest BCUT2D eigenvalue weighted by Crippen LogP contribution is -2.23. The van der Waals surface area contributed by atoms with Crippen molar-refractivity contribution >= 4 is 27.3 Å². The van der Waals surface area contributed by atoms with Gasteiger partial charge in [-0.3, -0.25) is 4.79 Å². The van der Waals surface area contributed by atoms with E-state index in [1.807, 2.05) is 0 Å². The molecule has 3 rings (SSSR count). The fourth-order valence-electron chi connectivity index (χ4n) is 2.48. The molecular formula is C18H20N4O5S. The molecule has 0 aliphatic heterocycles. The Bertz CT molecular complexity index is 1090. The number of benzene rings is 1. The summed E-state index contributed by atoms with van der Waals surface area (Å²) in [4.78, 5) is 14.5. The highest BCUT2D eigenvalue weighted by Gasteiger charge is 2.21. The quantitative estimate of drug-likeness (QED) is 0.672. The van der Waals surface area contributed by atoms with Gasteiger partial charge < -0.3 is 19.2 Å². The van der Waals surface area contributed by atoms with E-state index in [1.54, 1.807) is 37.2 Å². The highest BCUT2D eigenvalue weighted by molar-refractivity contribution is 7.89. The molecule has 0 radical (unpaired) electrons. The highest BCUT2D eigenvalue weighted by atomic mass is 32.2. The van der Waals surface area contributed by atoms with Crippen LogP contribution in [0.3, 0.4) is 0 Å². The van der Waals surface area contributed by atoms with Crippen molar-refractivity contribution in [3.8, 4) is 11.5 Å².